The number of anilines is 1. The van der Waals surface area contributed by atoms with Crippen molar-refractivity contribution in [1.29, 1.82) is 0 Å². The SMILES string of the molecule is Cc1ccc(C)c(N(Cc2ccccc2C)S(C)(=O)=O)c1. The van der Waals surface area contributed by atoms with E-state index in [0.717, 1.165) is 27.9 Å². The molecule has 0 N–H and O–H groups in total. The molecule has 0 bridgehead atoms. The molecule has 0 atom stereocenters. The second-order valence-corrected chi connectivity index (χ2v) is 7.39. The first kappa shape index (κ1) is 15.6. The third kappa shape index (κ3) is 3.64. The Balaban J connectivity index is 2.50. The summed E-state index contributed by atoms with van der Waals surface area (Å²) >= 11 is 0. The van der Waals surface area contributed by atoms with Gasteiger partial charge in [0.15, 0.2) is 0 Å². The van der Waals surface area contributed by atoms with Crippen LogP contribution in [-0.4, -0.2) is 14.7 Å². The fourth-order valence-corrected chi connectivity index (χ4v) is 3.24. The molecule has 0 unspecified atom stereocenters. The van der Waals surface area contributed by atoms with E-state index in [2.05, 4.69) is 0 Å². The lowest BCUT2D eigenvalue weighted by Crippen LogP contribution is -2.30. The number of rotatable bonds is 4. The molecule has 0 aliphatic heterocycles. The van der Waals surface area contributed by atoms with Crippen LogP contribution >= 0.6 is 0 Å². The van der Waals surface area contributed by atoms with Crippen LogP contribution in [0.5, 0.6) is 0 Å². The third-order valence-corrected chi connectivity index (χ3v) is 4.74. The minimum atomic E-state index is -3.34. The van der Waals surface area contributed by atoms with E-state index in [9.17, 15) is 8.42 Å². The van der Waals surface area contributed by atoms with Crippen LogP contribution in [0.1, 0.15) is 22.3 Å². The summed E-state index contributed by atoms with van der Waals surface area (Å²) in [5.41, 5.74) is 4.87. The molecule has 21 heavy (non-hydrogen) atoms. The first-order valence-corrected chi connectivity index (χ1v) is 8.73. The van der Waals surface area contributed by atoms with E-state index in [-0.39, 0.29) is 0 Å². The second-order valence-electron chi connectivity index (χ2n) is 5.49. The molecule has 0 spiro atoms. The highest BCUT2D eigenvalue weighted by Gasteiger charge is 2.20. The lowest BCUT2D eigenvalue weighted by Gasteiger charge is -2.25. The van der Waals surface area contributed by atoms with Crippen molar-refractivity contribution < 1.29 is 8.42 Å². The van der Waals surface area contributed by atoms with Gasteiger partial charge in [-0.25, -0.2) is 8.42 Å². The van der Waals surface area contributed by atoms with Crippen LogP contribution in [0, 0.1) is 20.8 Å². The van der Waals surface area contributed by atoms with Gasteiger partial charge < -0.3 is 0 Å². The van der Waals surface area contributed by atoms with Gasteiger partial charge in [-0.2, -0.15) is 0 Å². The summed E-state index contributed by atoms with van der Waals surface area (Å²) in [5, 5.41) is 0. The molecule has 0 heterocycles. The molecule has 0 aliphatic carbocycles. The maximum absolute atomic E-state index is 12.2. The Morgan fingerprint density at radius 3 is 2.24 bits per heavy atom. The van der Waals surface area contributed by atoms with Crippen molar-refractivity contribution in [3.8, 4) is 0 Å². The van der Waals surface area contributed by atoms with E-state index < -0.39 is 10.0 Å². The molecule has 0 saturated carbocycles. The maximum Gasteiger partial charge on any atom is 0.232 e. The highest BCUT2D eigenvalue weighted by atomic mass is 32.2. The molecule has 0 aromatic heterocycles. The first-order valence-electron chi connectivity index (χ1n) is 6.88. The van der Waals surface area contributed by atoms with Gasteiger partial charge in [0.05, 0.1) is 18.5 Å². The highest BCUT2D eigenvalue weighted by Crippen LogP contribution is 2.26. The lowest BCUT2D eigenvalue weighted by molar-refractivity contribution is 0.596. The van der Waals surface area contributed by atoms with Crippen molar-refractivity contribution in [2.24, 2.45) is 0 Å². The predicted molar refractivity (Wildman–Crippen MR) is 88.1 cm³/mol. The zero-order valence-electron chi connectivity index (χ0n) is 12.9. The van der Waals surface area contributed by atoms with E-state index in [4.69, 9.17) is 0 Å². The average Bonchev–Trinajstić information content (AvgIpc) is 2.39. The van der Waals surface area contributed by atoms with Crippen molar-refractivity contribution >= 4 is 15.7 Å². The normalized spacial score (nSPS) is 11.4. The van der Waals surface area contributed by atoms with Gasteiger partial charge in [-0.05, 0) is 49.1 Å². The van der Waals surface area contributed by atoms with Crippen molar-refractivity contribution in [1.82, 2.24) is 0 Å². The largest absolute Gasteiger partial charge is 0.266 e. The van der Waals surface area contributed by atoms with Crippen LogP contribution in [0.2, 0.25) is 0 Å². The Hall–Kier alpha value is -1.81. The zero-order chi connectivity index (χ0) is 15.6. The van der Waals surface area contributed by atoms with E-state index in [1.807, 2.05) is 63.2 Å². The Kier molecular flexibility index (Phi) is 4.37. The number of hydrogen-bond donors (Lipinski definition) is 0. The standard InChI is InChI=1S/C17H21NO2S/c1-13-9-10-15(3)17(11-13)18(21(4,19)20)12-16-8-6-5-7-14(16)2/h5-11H,12H2,1-4H3. The molecule has 2 aromatic carbocycles. The van der Waals surface area contributed by atoms with Gasteiger partial charge in [-0.1, -0.05) is 36.4 Å². The smallest absolute Gasteiger partial charge is 0.232 e. The summed E-state index contributed by atoms with van der Waals surface area (Å²) in [7, 11) is -3.34. The van der Waals surface area contributed by atoms with E-state index in [1.54, 1.807) is 0 Å². The molecule has 0 fully saturated rings. The fraction of sp³-hybridized carbons (Fsp3) is 0.294. The molecular weight excluding hydrogens is 282 g/mol. The average molecular weight is 303 g/mol. The van der Waals surface area contributed by atoms with Gasteiger partial charge in [-0.3, -0.25) is 4.31 Å². The van der Waals surface area contributed by atoms with Crippen molar-refractivity contribution in [3.63, 3.8) is 0 Å². The predicted octanol–water partition coefficient (Wildman–Crippen LogP) is 3.58. The van der Waals surface area contributed by atoms with Crippen LogP contribution in [-0.2, 0) is 16.6 Å². The molecule has 0 amide bonds. The van der Waals surface area contributed by atoms with Crippen molar-refractivity contribution in [3.05, 3.63) is 64.7 Å². The van der Waals surface area contributed by atoms with Crippen LogP contribution in [0.15, 0.2) is 42.5 Å². The quantitative estimate of drug-likeness (QED) is 0.866. The van der Waals surface area contributed by atoms with Gasteiger partial charge >= 0.3 is 0 Å². The minimum absolute atomic E-state index is 0.357. The van der Waals surface area contributed by atoms with E-state index >= 15 is 0 Å². The van der Waals surface area contributed by atoms with E-state index in [0.29, 0.717) is 6.54 Å². The van der Waals surface area contributed by atoms with Gasteiger partial charge in [0.2, 0.25) is 10.0 Å². The molecule has 3 nitrogen and oxygen atoms in total. The maximum atomic E-state index is 12.2. The van der Waals surface area contributed by atoms with Crippen molar-refractivity contribution in [2.75, 3.05) is 10.6 Å². The molecule has 112 valence electrons. The number of sulfonamides is 1. The topological polar surface area (TPSA) is 37.4 Å². The van der Waals surface area contributed by atoms with Crippen molar-refractivity contribution in [2.45, 2.75) is 27.3 Å². The Bertz CT molecular complexity index is 751. The number of benzene rings is 2. The summed E-state index contributed by atoms with van der Waals surface area (Å²) in [6, 6.07) is 13.7. The summed E-state index contributed by atoms with van der Waals surface area (Å²) in [4.78, 5) is 0. The van der Waals surface area contributed by atoms with Crippen LogP contribution in [0.4, 0.5) is 5.69 Å². The number of aryl methyl sites for hydroxylation is 3. The summed E-state index contributed by atoms with van der Waals surface area (Å²) in [6.45, 7) is 6.26. The van der Waals surface area contributed by atoms with Gasteiger partial charge in [0.1, 0.15) is 0 Å². The summed E-state index contributed by atoms with van der Waals surface area (Å²) in [5.74, 6) is 0. The minimum Gasteiger partial charge on any atom is -0.266 e. The molecule has 0 saturated heterocycles. The summed E-state index contributed by atoms with van der Waals surface area (Å²) < 4.78 is 26.0. The monoisotopic (exact) mass is 303 g/mol. The van der Waals surface area contributed by atoms with E-state index in [1.165, 1.54) is 10.6 Å². The fourth-order valence-electron chi connectivity index (χ4n) is 2.31. The molecule has 0 radical (unpaired) electrons. The first-order chi connectivity index (χ1) is 9.79. The molecule has 2 aromatic rings. The van der Waals surface area contributed by atoms with Gasteiger partial charge in [0.25, 0.3) is 0 Å². The Labute approximate surface area is 127 Å². The van der Waals surface area contributed by atoms with Gasteiger partial charge in [0, 0.05) is 0 Å². The molecule has 2 rings (SSSR count). The highest BCUT2D eigenvalue weighted by molar-refractivity contribution is 7.92. The second kappa shape index (κ2) is 5.90. The van der Waals surface area contributed by atoms with Crippen LogP contribution in [0.3, 0.4) is 0 Å². The summed E-state index contributed by atoms with van der Waals surface area (Å²) in [6.07, 6.45) is 1.26. The molecule has 0 aliphatic rings. The Morgan fingerprint density at radius 2 is 1.62 bits per heavy atom. The lowest BCUT2D eigenvalue weighted by atomic mass is 10.1. The van der Waals surface area contributed by atoms with Crippen LogP contribution in [0.25, 0.3) is 0 Å². The van der Waals surface area contributed by atoms with Crippen LogP contribution < -0.4 is 4.31 Å². The molecule has 4 heteroatoms. The third-order valence-electron chi connectivity index (χ3n) is 3.61. The molecular formula is C17H21NO2S. The van der Waals surface area contributed by atoms with Gasteiger partial charge in [-0.15, -0.1) is 0 Å². The number of hydrogen-bond acceptors (Lipinski definition) is 2. The zero-order valence-corrected chi connectivity index (χ0v) is 13.7. The number of nitrogens with zero attached hydrogens (tertiary/aromatic N) is 1. The Morgan fingerprint density at radius 1 is 0.952 bits per heavy atom.